The number of piperazine rings is 1. The minimum absolute atomic E-state index is 0.0408. The van der Waals surface area contributed by atoms with E-state index in [1.165, 1.54) is 5.56 Å². The second kappa shape index (κ2) is 8.80. The first-order valence-corrected chi connectivity index (χ1v) is 10.5. The lowest BCUT2D eigenvalue weighted by Gasteiger charge is -2.34. The van der Waals surface area contributed by atoms with Gasteiger partial charge in [-0.25, -0.2) is 4.68 Å². The lowest BCUT2D eigenvalue weighted by Crippen LogP contribution is -2.50. The molecule has 0 spiro atoms. The molecular weight excluding hydrogens is 364 g/mol. The van der Waals surface area contributed by atoms with Crippen LogP contribution in [0.15, 0.2) is 24.3 Å². The summed E-state index contributed by atoms with van der Waals surface area (Å²) in [6, 6.07) is 8.25. The van der Waals surface area contributed by atoms with E-state index in [2.05, 4.69) is 52.0 Å². The molecule has 0 radical (unpaired) electrons. The highest BCUT2D eigenvalue weighted by molar-refractivity contribution is 5.97. The number of carbonyl (C=O) groups excluding carboxylic acids is 2. The molecule has 6 nitrogen and oxygen atoms in total. The molecule has 1 saturated heterocycles. The van der Waals surface area contributed by atoms with Crippen molar-refractivity contribution in [1.29, 1.82) is 0 Å². The van der Waals surface area contributed by atoms with Crippen molar-refractivity contribution in [3.05, 3.63) is 46.8 Å². The molecular formula is C23H32N4O2. The SMILES string of the molecule is CCc1c(C(=O)N2CCN(C(C)=O)CC2)c(CC(C)C)nn1-c1ccc(C)cc1. The molecule has 1 fully saturated rings. The lowest BCUT2D eigenvalue weighted by atomic mass is 10.0. The van der Waals surface area contributed by atoms with E-state index in [4.69, 9.17) is 5.10 Å². The summed E-state index contributed by atoms with van der Waals surface area (Å²) in [7, 11) is 0. The van der Waals surface area contributed by atoms with Crippen molar-refractivity contribution >= 4 is 11.8 Å². The molecule has 0 atom stereocenters. The maximum Gasteiger partial charge on any atom is 0.257 e. The van der Waals surface area contributed by atoms with Gasteiger partial charge in [0.25, 0.3) is 5.91 Å². The normalized spacial score (nSPS) is 14.6. The van der Waals surface area contributed by atoms with Crippen molar-refractivity contribution in [2.45, 2.75) is 47.5 Å². The average Bonchev–Trinajstić information content (AvgIpc) is 3.05. The van der Waals surface area contributed by atoms with Gasteiger partial charge in [0.05, 0.1) is 22.6 Å². The average molecular weight is 397 g/mol. The number of rotatable bonds is 5. The van der Waals surface area contributed by atoms with Crippen LogP contribution in [0.3, 0.4) is 0 Å². The van der Waals surface area contributed by atoms with E-state index in [0.717, 1.165) is 35.5 Å². The standard InChI is InChI=1S/C23H32N4O2/c1-6-21-22(23(29)26-13-11-25(12-14-26)18(5)28)20(15-16(2)3)24-27(21)19-9-7-17(4)8-10-19/h7-10,16H,6,11-15H2,1-5H3. The molecule has 6 heteroatoms. The number of amides is 2. The van der Waals surface area contributed by atoms with E-state index < -0.39 is 0 Å². The van der Waals surface area contributed by atoms with Crippen LogP contribution >= 0.6 is 0 Å². The number of benzene rings is 1. The zero-order chi connectivity index (χ0) is 21.1. The molecule has 0 unspecified atom stereocenters. The van der Waals surface area contributed by atoms with Crippen LogP contribution in [0.25, 0.3) is 5.69 Å². The fourth-order valence-corrected chi connectivity index (χ4v) is 3.89. The predicted octanol–water partition coefficient (Wildman–Crippen LogP) is 3.25. The van der Waals surface area contributed by atoms with Crippen molar-refractivity contribution in [2.75, 3.05) is 26.2 Å². The number of aromatic nitrogens is 2. The van der Waals surface area contributed by atoms with Gasteiger partial charge >= 0.3 is 0 Å². The minimum Gasteiger partial charge on any atom is -0.339 e. The molecule has 1 aromatic heterocycles. The van der Waals surface area contributed by atoms with Gasteiger partial charge in [0.2, 0.25) is 5.91 Å². The number of nitrogens with zero attached hydrogens (tertiary/aromatic N) is 4. The summed E-state index contributed by atoms with van der Waals surface area (Å²) in [6.07, 6.45) is 1.49. The van der Waals surface area contributed by atoms with Crippen LogP contribution < -0.4 is 0 Å². The second-order valence-electron chi connectivity index (χ2n) is 8.27. The molecule has 3 rings (SSSR count). The van der Waals surface area contributed by atoms with Gasteiger partial charge in [-0.15, -0.1) is 0 Å². The van der Waals surface area contributed by atoms with Gasteiger partial charge in [0, 0.05) is 33.1 Å². The Kier molecular flexibility index (Phi) is 6.40. The Morgan fingerprint density at radius 3 is 2.14 bits per heavy atom. The summed E-state index contributed by atoms with van der Waals surface area (Å²) < 4.78 is 1.94. The highest BCUT2D eigenvalue weighted by atomic mass is 16.2. The molecule has 1 aromatic carbocycles. The van der Waals surface area contributed by atoms with E-state index in [9.17, 15) is 9.59 Å². The van der Waals surface area contributed by atoms with Crippen molar-refractivity contribution in [1.82, 2.24) is 19.6 Å². The third-order valence-electron chi connectivity index (χ3n) is 5.49. The van der Waals surface area contributed by atoms with Crippen LogP contribution in [0.5, 0.6) is 0 Å². The summed E-state index contributed by atoms with van der Waals surface area (Å²) in [5.74, 6) is 0.514. The second-order valence-corrected chi connectivity index (χ2v) is 8.27. The van der Waals surface area contributed by atoms with Gasteiger partial charge in [-0.2, -0.15) is 5.10 Å². The fourth-order valence-electron chi connectivity index (χ4n) is 3.89. The van der Waals surface area contributed by atoms with Gasteiger partial charge in [-0.05, 0) is 37.8 Å². The number of aryl methyl sites for hydroxylation is 1. The zero-order valence-corrected chi connectivity index (χ0v) is 18.2. The van der Waals surface area contributed by atoms with Gasteiger partial charge in [0.1, 0.15) is 0 Å². The monoisotopic (exact) mass is 396 g/mol. The van der Waals surface area contributed by atoms with Crippen LogP contribution in [0, 0.1) is 12.8 Å². The Bertz CT molecular complexity index is 875. The van der Waals surface area contributed by atoms with E-state index in [0.29, 0.717) is 32.1 Å². The van der Waals surface area contributed by atoms with Crippen LogP contribution in [0.1, 0.15) is 55.0 Å². The molecule has 0 aliphatic carbocycles. The molecule has 2 aromatic rings. The molecule has 1 aliphatic rings. The minimum atomic E-state index is 0.0408. The number of hydrogen-bond acceptors (Lipinski definition) is 3. The maximum absolute atomic E-state index is 13.5. The van der Waals surface area contributed by atoms with Crippen molar-refractivity contribution in [3.8, 4) is 5.69 Å². The molecule has 1 aliphatic heterocycles. The molecule has 0 N–H and O–H groups in total. The summed E-state index contributed by atoms with van der Waals surface area (Å²) in [5.41, 5.74) is 4.76. The number of carbonyl (C=O) groups is 2. The Labute approximate surface area is 173 Å². The Morgan fingerprint density at radius 2 is 1.62 bits per heavy atom. The first-order valence-electron chi connectivity index (χ1n) is 10.5. The summed E-state index contributed by atoms with van der Waals surface area (Å²) in [6.45, 7) is 12.3. The van der Waals surface area contributed by atoms with Crippen molar-refractivity contribution in [3.63, 3.8) is 0 Å². The molecule has 0 bridgehead atoms. The van der Waals surface area contributed by atoms with Crippen molar-refractivity contribution in [2.24, 2.45) is 5.92 Å². The fraction of sp³-hybridized carbons (Fsp3) is 0.522. The zero-order valence-electron chi connectivity index (χ0n) is 18.2. The highest BCUT2D eigenvalue weighted by Crippen LogP contribution is 2.24. The summed E-state index contributed by atoms with van der Waals surface area (Å²) >= 11 is 0. The van der Waals surface area contributed by atoms with Crippen LogP contribution in [-0.2, 0) is 17.6 Å². The van der Waals surface area contributed by atoms with Crippen LogP contribution in [0.4, 0.5) is 0 Å². The number of hydrogen-bond donors (Lipinski definition) is 0. The predicted molar refractivity (Wildman–Crippen MR) is 114 cm³/mol. The molecule has 29 heavy (non-hydrogen) atoms. The van der Waals surface area contributed by atoms with Crippen LogP contribution in [0.2, 0.25) is 0 Å². The van der Waals surface area contributed by atoms with Gasteiger partial charge < -0.3 is 9.80 Å². The first kappa shape index (κ1) is 21.1. The summed E-state index contributed by atoms with van der Waals surface area (Å²) in [5, 5.41) is 4.88. The third kappa shape index (κ3) is 4.52. The largest absolute Gasteiger partial charge is 0.339 e. The third-order valence-corrected chi connectivity index (χ3v) is 5.49. The molecule has 0 saturated carbocycles. The van der Waals surface area contributed by atoms with E-state index in [1.807, 2.05) is 9.58 Å². The smallest absolute Gasteiger partial charge is 0.257 e. The lowest BCUT2D eigenvalue weighted by molar-refractivity contribution is -0.130. The van der Waals surface area contributed by atoms with Crippen molar-refractivity contribution < 1.29 is 9.59 Å². The van der Waals surface area contributed by atoms with Gasteiger partial charge in [0.15, 0.2) is 0 Å². The Balaban J connectivity index is 1.98. The topological polar surface area (TPSA) is 58.4 Å². The molecule has 2 amide bonds. The van der Waals surface area contributed by atoms with E-state index in [1.54, 1.807) is 11.8 Å². The van der Waals surface area contributed by atoms with Gasteiger partial charge in [-0.3, -0.25) is 9.59 Å². The van der Waals surface area contributed by atoms with Crippen LogP contribution in [-0.4, -0.2) is 57.6 Å². The quantitative estimate of drug-likeness (QED) is 0.780. The van der Waals surface area contributed by atoms with E-state index >= 15 is 0 Å². The molecule has 2 heterocycles. The Morgan fingerprint density at radius 1 is 1.03 bits per heavy atom. The van der Waals surface area contributed by atoms with E-state index in [-0.39, 0.29) is 11.8 Å². The molecule has 156 valence electrons. The Hall–Kier alpha value is -2.63. The summed E-state index contributed by atoms with van der Waals surface area (Å²) in [4.78, 5) is 28.8. The van der Waals surface area contributed by atoms with Gasteiger partial charge in [-0.1, -0.05) is 38.5 Å². The highest BCUT2D eigenvalue weighted by Gasteiger charge is 2.30. The maximum atomic E-state index is 13.5. The first-order chi connectivity index (χ1) is 13.8.